The van der Waals surface area contributed by atoms with Crippen LogP contribution < -0.4 is 5.32 Å². The summed E-state index contributed by atoms with van der Waals surface area (Å²) in [5, 5.41) is 11.8. The van der Waals surface area contributed by atoms with E-state index in [4.69, 9.17) is 40.1 Å². The van der Waals surface area contributed by atoms with Gasteiger partial charge in [-0.1, -0.05) is 34.8 Å². The molecule has 0 bridgehead atoms. The summed E-state index contributed by atoms with van der Waals surface area (Å²) in [7, 11) is 0. The van der Waals surface area contributed by atoms with Gasteiger partial charge in [0.15, 0.2) is 0 Å². The second-order valence-electron chi connectivity index (χ2n) is 3.04. The fraction of sp³-hybridized carbons (Fsp3) is 0.200. The average Bonchev–Trinajstić information content (AvgIpc) is 2.22. The Balaban J connectivity index is 3.11. The van der Waals surface area contributed by atoms with E-state index < -0.39 is 5.91 Å². The number of benzene rings is 1. The molecule has 1 rings (SSSR count). The summed E-state index contributed by atoms with van der Waals surface area (Å²) >= 11 is 17.7. The van der Waals surface area contributed by atoms with Crippen LogP contribution >= 0.6 is 34.8 Å². The Bertz CT molecular complexity index is 480. The standard InChI is InChI=1S/C10H7Cl3N2O/c1-5-6(11)4-7(12)10(9(5)13)15-8(16)2-3-14/h4H,2H2,1H3,(H,15,16). The summed E-state index contributed by atoms with van der Waals surface area (Å²) in [5.41, 5.74) is 0.908. The number of halogens is 3. The van der Waals surface area contributed by atoms with Crippen LogP contribution in [0.2, 0.25) is 15.1 Å². The van der Waals surface area contributed by atoms with Crippen molar-refractivity contribution < 1.29 is 4.79 Å². The highest BCUT2D eigenvalue weighted by Gasteiger charge is 2.14. The summed E-state index contributed by atoms with van der Waals surface area (Å²) < 4.78 is 0. The van der Waals surface area contributed by atoms with Crippen molar-refractivity contribution >= 4 is 46.4 Å². The summed E-state index contributed by atoms with van der Waals surface area (Å²) in [4.78, 5) is 11.2. The number of hydrogen-bond acceptors (Lipinski definition) is 2. The summed E-state index contributed by atoms with van der Waals surface area (Å²) in [6.45, 7) is 1.71. The molecule has 1 aromatic rings. The van der Waals surface area contributed by atoms with Crippen LogP contribution in [0.15, 0.2) is 6.07 Å². The van der Waals surface area contributed by atoms with Crippen LogP contribution in [0.4, 0.5) is 5.69 Å². The first-order chi connectivity index (χ1) is 7.47. The maximum atomic E-state index is 11.2. The molecule has 0 unspecified atom stereocenters. The van der Waals surface area contributed by atoms with Gasteiger partial charge >= 0.3 is 0 Å². The van der Waals surface area contributed by atoms with Crippen LogP contribution in [0, 0.1) is 18.3 Å². The molecule has 0 aromatic heterocycles. The van der Waals surface area contributed by atoms with Crippen molar-refractivity contribution in [2.75, 3.05) is 5.32 Å². The zero-order chi connectivity index (χ0) is 12.3. The highest BCUT2D eigenvalue weighted by Crippen LogP contribution is 2.37. The predicted molar refractivity (Wildman–Crippen MR) is 65.1 cm³/mol. The van der Waals surface area contributed by atoms with Crippen LogP contribution in [0.1, 0.15) is 12.0 Å². The van der Waals surface area contributed by atoms with Crippen LogP contribution in [-0.2, 0) is 4.79 Å². The number of nitrogens with one attached hydrogen (secondary N) is 1. The maximum Gasteiger partial charge on any atom is 0.238 e. The van der Waals surface area contributed by atoms with Gasteiger partial charge in [-0.25, -0.2) is 0 Å². The molecule has 1 N–H and O–H groups in total. The Hall–Kier alpha value is -0.950. The van der Waals surface area contributed by atoms with Crippen molar-refractivity contribution in [3.05, 3.63) is 26.7 Å². The van der Waals surface area contributed by atoms with E-state index in [0.717, 1.165) is 0 Å². The smallest absolute Gasteiger partial charge is 0.238 e. The van der Waals surface area contributed by atoms with Gasteiger partial charge < -0.3 is 5.32 Å². The molecular weight excluding hydrogens is 270 g/mol. The van der Waals surface area contributed by atoms with Gasteiger partial charge in [-0.2, -0.15) is 5.26 Å². The zero-order valence-electron chi connectivity index (χ0n) is 8.27. The lowest BCUT2D eigenvalue weighted by Crippen LogP contribution is -2.11. The lowest BCUT2D eigenvalue weighted by Gasteiger charge is -2.11. The Morgan fingerprint density at radius 1 is 1.44 bits per heavy atom. The van der Waals surface area contributed by atoms with Gasteiger partial charge in [0.2, 0.25) is 5.91 Å². The van der Waals surface area contributed by atoms with E-state index in [0.29, 0.717) is 10.6 Å². The predicted octanol–water partition coefficient (Wildman–Crippen LogP) is 3.81. The first-order valence-electron chi connectivity index (χ1n) is 4.28. The third-order valence-corrected chi connectivity index (χ3v) is 3.07. The van der Waals surface area contributed by atoms with Crippen LogP contribution in [0.3, 0.4) is 0 Å². The molecule has 0 aliphatic carbocycles. The maximum absolute atomic E-state index is 11.2. The lowest BCUT2D eigenvalue weighted by atomic mass is 10.2. The molecule has 16 heavy (non-hydrogen) atoms. The van der Waals surface area contributed by atoms with E-state index in [1.54, 1.807) is 13.0 Å². The minimum Gasteiger partial charge on any atom is -0.323 e. The van der Waals surface area contributed by atoms with Crippen molar-refractivity contribution in [2.45, 2.75) is 13.3 Å². The number of rotatable bonds is 2. The van der Waals surface area contributed by atoms with Gasteiger partial charge in [0, 0.05) is 5.02 Å². The molecular formula is C10H7Cl3N2O. The molecule has 6 heteroatoms. The summed E-state index contributed by atoms with van der Waals surface area (Å²) in [6.07, 6.45) is -0.256. The van der Waals surface area contributed by atoms with Crippen molar-refractivity contribution in [1.82, 2.24) is 0 Å². The Morgan fingerprint density at radius 3 is 2.62 bits per heavy atom. The van der Waals surface area contributed by atoms with Gasteiger partial charge in [0.1, 0.15) is 6.42 Å². The van der Waals surface area contributed by atoms with Crippen molar-refractivity contribution in [3.8, 4) is 6.07 Å². The zero-order valence-corrected chi connectivity index (χ0v) is 10.5. The molecule has 3 nitrogen and oxygen atoms in total. The molecule has 0 aliphatic rings. The minimum atomic E-state index is -0.465. The van der Waals surface area contributed by atoms with E-state index in [9.17, 15) is 4.79 Å². The fourth-order valence-electron chi connectivity index (χ4n) is 1.06. The van der Waals surface area contributed by atoms with Crippen LogP contribution in [-0.4, -0.2) is 5.91 Å². The number of nitrogens with zero attached hydrogens (tertiary/aromatic N) is 1. The highest BCUT2D eigenvalue weighted by molar-refractivity contribution is 6.43. The number of anilines is 1. The molecule has 0 radical (unpaired) electrons. The van der Waals surface area contributed by atoms with Gasteiger partial charge in [-0.05, 0) is 18.6 Å². The molecule has 1 aromatic carbocycles. The van der Waals surface area contributed by atoms with Crippen LogP contribution in [0.5, 0.6) is 0 Å². The topological polar surface area (TPSA) is 52.9 Å². The average molecular weight is 278 g/mol. The monoisotopic (exact) mass is 276 g/mol. The molecule has 84 valence electrons. The molecule has 0 aliphatic heterocycles. The van der Waals surface area contributed by atoms with E-state index >= 15 is 0 Å². The van der Waals surface area contributed by atoms with Crippen molar-refractivity contribution in [1.29, 1.82) is 5.26 Å². The van der Waals surface area contributed by atoms with Gasteiger partial charge in [-0.15, -0.1) is 0 Å². The quantitative estimate of drug-likeness (QED) is 0.893. The molecule has 0 saturated heterocycles. The van der Waals surface area contributed by atoms with E-state index in [1.165, 1.54) is 6.07 Å². The molecule has 0 fully saturated rings. The van der Waals surface area contributed by atoms with E-state index in [-0.39, 0.29) is 22.2 Å². The van der Waals surface area contributed by atoms with Gasteiger partial charge in [0.25, 0.3) is 0 Å². The third-order valence-electron chi connectivity index (χ3n) is 1.90. The third kappa shape index (κ3) is 2.79. The highest BCUT2D eigenvalue weighted by atomic mass is 35.5. The summed E-state index contributed by atoms with van der Waals surface area (Å²) in [5.74, 6) is -0.465. The Morgan fingerprint density at radius 2 is 2.06 bits per heavy atom. The lowest BCUT2D eigenvalue weighted by molar-refractivity contribution is -0.115. The number of nitriles is 1. The first-order valence-corrected chi connectivity index (χ1v) is 5.41. The first kappa shape index (κ1) is 13.1. The fourth-order valence-corrected chi connectivity index (χ4v) is 1.92. The Labute approximate surface area is 108 Å². The normalized spacial score (nSPS) is 9.69. The van der Waals surface area contributed by atoms with E-state index in [1.807, 2.05) is 0 Å². The second kappa shape index (κ2) is 5.40. The number of amides is 1. The molecule has 0 saturated carbocycles. The number of carbonyl (C=O) groups is 1. The molecule has 0 heterocycles. The number of hydrogen-bond donors (Lipinski definition) is 1. The largest absolute Gasteiger partial charge is 0.323 e. The number of carbonyl (C=O) groups excluding carboxylic acids is 1. The molecule has 1 amide bonds. The van der Waals surface area contributed by atoms with E-state index in [2.05, 4.69) is 5.32 Å². The van der Waals surface area contributed by atoms with Crippen molar-refractivity contribution in [3.63, 3.8) is 0 Å². The molecule has 0 atom stereocenters. The Kier molecular flexibility index (Phi) is 4.43. The van der Waals surface area contributed by atoms with Gasteiger partial charge in [-0.3, -0.25) is 4.79 Å². The minimum absolute atomic E-state index is 0.242. The van der Waals surface area contributed by atoms with Crippen molar-refractivity contribution in [2.24, 2.45) is 0 Å². The second-order valence-corrected chi connectivity index (χ2v) is 4.23. The van der Waals surface area contributed by atoms with Gasteiger partial charge in [0.05, 0.1) is 21.8 Å². The SMILES string of the molecule is Cc1c(Cl)cc(Cl)c(NC(=O)CC#N)c1Cl. The van der Waals surface area contributed by atoms with Crippen LogP contribution in [0.25, 0.3) is 0 Å². The molecule has 0 spiro atoms. The summed E-state index contributed by atoms with van der Waals surface area (Å²) in [6, 6.07) is 3.22.